The Labute approximate surface area is 117 Å². The van der Waals surface area contributed by atoms with Crippen LogP contribution < -0.4 is 15.0 Å². The summed E-state index contributed by atoms with van der Waals surface area (Å²) in [6.45, 7) is 13.0. The lowest BCUT2D eigenvalue weighted by Gasteiger charge is -2.28. The SMILES string of the molecule is C=CCN(CC)c1cccc(OC)c1C(C)NCC. The quantitative estimate of drug-likeness (QED) is 0.727. The van der Waals surface area contributed by atoms with Crippen molar-refractivity contribution in [2.75, 3.05) is 31.6 Å². The summed E-state index contributed by atoms with van der Waals surface area (Å²) in [6.07, 6.45) is 1.94. The number of ether oxygens (including phenoxy) is 1. The number of benzene rings is 1. The Morgan fingerprint density at radius 1 is 1.42 bits per heavy atom. The zero-order valence-electron chi connectivity index (χ0n) is 12.6. The normalized spacial score (nSPS) is 12.0. The molecule has 0 aliphatic heterocycles. The van der Waals surface area contributed by atoms with Crippen LogP contribution in [0.15, 0.2) is 30.9 Å². The Balaban J connectivity index is 3.24. The van der Waals surface area contributed by atoms with Crippen molar-refractivity contribution in [1.82, 2.24) is 5.32 Å². The lowest BCUT2D eigenvalue weighted by atomic mass is 10.0. The number of hydrogen-bond donors (Lipinski definition) is 1. The molecule has 3 heteroatoms. The van der Waals surface area contributed by atoms with Crippen molar-refractivity contribution < 1.29 is 4.74 Å². The molecule has 0 spiro atoms. The van der Waals surface area contributed by atoms with Gasteiger partial charge in [0.25, 0.3) is 0 Å². The van der Waals surface area contributed by atoms with Gasteiger partial charge in [0.2, 0.25) is 0 Å². The molecule has 1 atom stereocenters. The van der Waals surface area contributed by atoms with E-state index in [1.807, 2.05) is 18.2 Å². The van der Waals surface area contributed by atoms with Crippen molar-refractivity contribution >= 4 is 5.69 Å². The molecule has 0 bridgehead atoms. The number of anilines is 1. The van der Waals surface area contributed by atoms with E-state index in [-0.39, 0.29) is 6.04 Å². The van der Waals surface area contributed by atoms with Gasteiger partial charge < -0.3 is 15.0 Å². The van der Waals surface area contributed by atoms with Crippen LogP contribution in [0.3, 0.4) is 0 Å². The summed E-state index contributed by atoms with van der Waals surface area (Å²) in [4.78, 5) is 2.30. The molecule has 19 heavy (non-hydrogen) atoms. The molecule has 0 radical (unpaired) electrons. The van der Waals surface area contributed by atoms with Gasteiger partial charge in [-0.25, -0.2) is 0 Å². The van der Waals surface area contributed by atoms with Crippen molar-refractivity contribution in [3.63, 3.8) is 0 Å². The van der Waals surface area contributed by atoms with Crippen LogP contribution in [0.1, 0.15) is 32.4 Å². The van der Waals surface area contributed by atoms with Gasteiger partial charge in [0.15, 0.2) is 0 Å². The fourth-order valence-corrected chi connectivity index (χ4v) is 2.38. The smallest absolute Gasteiger partial charge is 0.125 e. The van der Waals surface area contributed by atoms with E-state index in [0.717, 1.165) is 25.4 Å². The van der Waals surface area contributed by atoms with E-state index in [1.165, 1.54) is 11.3 Å². The molecule has 1 aromatic rings. The van der Waals surface area contributed by atoms with Crippen LogP contribution in [0, 0.1) is 0 Å². The van der Waals surface area contributed by atoms with Crippen molar-refractivity contribution in [2.24, 2.45) is 0 Å². The number of nitrogens with zero attached hydrogens (tertiary/aromatic N) is 1. The number of likely N-dealkylation sites (N-methyl/N-ethyl adjacent to an activating group) is 1. The van der Waals surface area contributed by atoms with E-state index < -0.39 is 0 Å². The average molecular weight is 262 g/mol. The first-order valence-electron chi connectivity index (χ1n) is 6.95. The molecule has 0 aliphatic rings. The lowest BCUT2D eigenvalue weighted by Crippen LogP contribution is -2.27. The van der Waals surface area contributed by atoms with E-state index in [0.29, 0.717) is 0 Å². The van der Waals surface area contributed by atoms with E-state index in [2.05, 4.69) is 43.6 Å². The minimum Gasteiger partial charge on any atom is -0.496 e. The third-order valence-corrected chi connectivity index (χ3v) is 3.28. The first-order chi connectivity index (χ1) is 9.19. The van der Waals surface area contributed by atoms with Gasteiger partial charge in [0.1, 0.15) is 5.75 Å². The second kappa shape index (κ2) is 7.85. The molecule has 0 saturated heterocycles. The van der Waals surface area contributed by atoms with Crippen LogP contribution in [0.5, 0.6) is 5.75 Å². The molecular weight excluding hydrogens is 236 g/mol. The van der Waals surface area contributed by atoms with Crippen LogP contribution in [0.2, 0.25) is 0 Å². The standard InChI is InChI=1S/C16H26N2O/c1-6-12-18(8-3)14-10-9-11-15(19-5)16(14)13(4)17-7-2/h6,9-11,13,17H,1,7-8,12H2,2-5H3. The molecule has 0 saturated carbocycles. The average Bonchev–Trinajstić information content (AvgIpc) is 2.44. The summed E-state index contributed by atoms with van der Waals surface area (Å²) in [5.74, 6) is 0.938. The summed E-state index contributed by atoms with van der Waals surface area (Å²) in [5, 5.41) is 3.47. The van der Waals surface area contributed by atoms with E-state index >= 15 is 0 Å². The lowest BCUT2D eigenvalue weighted by molar-refractivity contribution is 0.402. The Morgan fingerprint density at radius 2 is 2.16 bits per heavy atom. The van der Waals surface area contributed by atoms with E-state index in [9.17, 15) is 0 Å². The summed E-state index contributed by atoms with van der Waals surface area (Å²) < 4.78 is 5.53. The molecule has 1 N–H and O–H groups in total. The first kappa shape index (κ1) is 15.6. The maximum absolute atomic E-state index is 5.53. The minimum absolute atomic E-state index is 0.259. The van der Waals surface area contributed by atoms with Crippen LogP contribution in [-0.4, -0.2) is 26.7 Å². The number of methoxy groups -OCH3 is 1. The van der Waals surface area contributed by atoms with Crippen LogP contribution in [0.4, 0.5) is 5.69 Å². The first-order valence-corrected chi connectivity index (χ1v) is 6.95. The molecule has 1 rings (SSSR count). The maximum atomic E-state index is 5.53. The second-order valence-electron chi connectivity index (χ2n) is 4.50. The fraction of sp³-hybridized carbons (Fsp3) is 0.500. The summed E-state index contributed by atoms with van der Waals surface area (Å²) in [5.41, 5.74) is 2.44. The highest BCUT2D eigenvalue weighted by Crippen LogP contribution is 2.34. The van der Waals surface area contributed by atoms with Crippen molar-refractivity contribution in [1.29, 1.82) is 0 Å². The van der Waals surface area contributed by atoms with Crippen molar-refractivity contribution in [3.8, 4) is 5.75 Å². The van der Waals surface area contributed by atoms with Gasteiger partial charge in [-0.2, -0.15) is 0 Å². The van der Waals surface area contributed by atoms with E-state index in [1.54, 1.807) is 7.11 Å². The second-order valence-corrected chi connectivity index (χ2v) is 4.50. The fourth-order valence-electron chi connectivity index (χ4n) is 2.38. The van der Waals surface area contributed by atoms with Crippen LogP contribution >= 0.6 is 0 Å². The van der Waals surface area contributed by atoms with Gasteiger partial charge >= 0.3 is 0 Å². The number of rotatable bonds is 8. The zero-order chi connectivity index (χ0) is 14.3. The number of hydrogen-bond acceptors (Lipinski definition) is 3. The molecule has 0 aliphatic carbocycles. The predicted octanol–water partition coefficient (Wildman–Crippen LogP) is 3.38. The monoisotopic (exact) mass is 262 g/mol. The van der Waals surface area contributed by atoms with Crippen LogP contribution in [0.25, 0.3) is 0 Å². The maximum Gasteiger partial charge on any atom is 0.125 e. The largest absolute Gasteiger partial charge is 0.496 e. The molecule has 3 nitrogen and oxygen atoms in total. The minimum atomic E-state index is 0.259. The van der Waals surface area contributed by atoms with Gasteiger partial charge in [0.05, 0.1) is 7.11 Å². The molecule has 106 valence electrons. The molecular formula is C16H26N2O. The van der Waals surface area contributed by atoms with Gasteiger partial charge in [-0.05, 0) is 32.5 Å². The highest BCUT2D eigenvalue weighted by Gasteiger charge is 2.18. The predicted molar refractivity (Wildman–Crippen MR) is 83.2 cm³/mol. The Kier molecular flexibility index (Phi) is 6.43. The Morgan fingerprint density at radius 3 is 2.68 bits per heavy atom. The topological polar surface area (TPSA) is 24.5 Å². The number of nitrogens with one attached hydrogen (secondary N) is 1. The molecule has 1 aromatic carbocycles. The molecule has 1 unspecified atom stereocenters. The van der Waals surface area contributed by atoms with Gasteiger partial charge in [-0.1, -0.05) is 19.1 Å². The molecule has 0 heterocycles. The molecule has 0 fully saturated rings. The summed E-state index contributed by atoms with van der Waals surface area (Å²) in [7, 11) is 1.73. The zero-order valence-corrected chi connectivity index (χ0v) is 12.6. The molecule has 0 aromatic heterocycles. The van der Waals surface area contributed by atoms with Gasteiger partial charge in [-0.3, -0.25) is 0 Å². The van der Waals surface area contributed by atoms with E-state index in [4.69, 9.17) is 4.74 Å². The summed E-state index contributed by atoms with van der Waals surface area (Å²) >= 11 is 0. The van der Waals surface area contributed by atoms with Crippen molar-refractivity contribution in [2.45, 2.75) is 26.8 Å². The molecule has 0 amide bonds. The van der Waals surface area contributed by atoms with Crippen molar-refractivity contribution in [3.05, 3.63) is 36.4 Å². The summed E-state index contributed by atoms with van der Waals surface area (Å²) in [6, 6.07) is 6.48. The highest BCUT2D eigenvalue weighted by molar-refractivity contribution is 5.61. The van der Waals surface area contributed by atoms with Gasteiger partial charge in [-0.15, -0.1) is 6.58 Å². The highest BCUT2D eigenvalue weighted by atomic mass is 16.5. The van der Waals surface area contributed by atoms with Crippen LogP contribution in [-0.2, 0) is 0 Å². The Bertz CT molecular complexity index is 404. The Hall–Kier alpha value is -1.48. The third kappa shape index (κ3) is 3.74. The van der Waals surface area contributed by atoms with Gasteiger partial charge in [0, 0.05) is 30.4 Å². The third-order valence-electron chi connectivity index (χ3n) is 3.28.